The second kappa shape index (κ2) is 6.68. The molecule has 0 heterocycles. The van der Waals surface area contributed by atoms with Crippen LogP contribution >= 0.6 is 23.4 Å². The number of para-hydroxylation sites is 1. The van der Waals surface area contributed by atoms with Crippen molar-refractivity contribution in [3.8, 4) is 0 Å². The number of rotatable bonds is 4. The van der Waals surface area contributed by atoms with Crippen molar-refractivity contribution in [2.24, 2.45) is 0 Å². The lowest BCUT2D eigenvalue weighted by Crippen LogP contribution is -2.06. The quantitative estimate of drug-likeness (QED) is 0.527. The number of esters is 1. The molecular weight excluding hydrogens is 294 g/mol. The van der Waals surface area contributed by atoms with Crippen molar-refractivity contribution in [3.63, 3.8) is 0 Å². The average molecular weight is 308 g/mol. The molecule has 0 unspecified atom stereocenters. The van der Waals surface area contributed by atoms with Crippen molar-refractivity contribution in [2.45, 2.75) is 10.6 Å². The number of ether oxygens (including phenoxy) is 1. The Morgan fingerprint density at radius 2 is 1.95 bits per heavy atom. The van der Waals surface area contributed by atoms with Gasteiger partial charge in [-0.25, -0.2) is 4.79 Å². The van der Waals surface area contributed by atoms with Gasteiger partial charge in [0.1, 0.15) is 0 Å². The van der Waals surface area contributed by atoms with E-state index in [4.69, 9.17) is 22.1 Å². The number of nitrogens with two attached hydrogens (primary N) is 1. The molecule has 0 aliphatic carbocycles. The van der Waals surface area contributed by atoms with E-state index in [1.807, 2.05) is 30.3 Å². The summed E-state index contributed by atoms with van der Waals surface area (Å²) < 4.78 is 4.71. The molecule has 2 aromatic carbocycles. The van der Waals surface area contributed by atoms with E-state index in [1.54, 1.807) is 23.9 Å². The van der Waals surface area contributed by atoms with Gasteiger partial charge in [-0.1, -0.05) is 29.8 Å². The third-order valence-electron chi connectivity index (χ3n) is 2.78. The van der Waals surface area contributed by atoms with Crippen molar-refractivity contribution < 1.29 is 9.53 Å². The van der Waals surface area contributed by atoms with Crippen LogP contribution in [0, 0.1) is 0 Å². The number of methoxy groups -OCH3 is 1. The molecule has 0 aromatic heterocycles. The maximum absolute atomic E-state index is 11.6. The van der Waals surface area contributed by atoms with Crippen molar-refractivity contribution in [3.05, 3.63) is 58.6 Å². The van der Waals surface area contributed by atoms with Gasteiger partial charge >= 0.3 is 5.97 Å². The van der Waals surface area contributed by atoms with E-state index in [2.05, 4.69) is 0 Å². The van der Waals surface area contributed by atoms with Gasteiger partial charge in [-0.2, -0.15) is 0 Å². The number of nitrogen functional groups attached to an aromatic ring is 1. The number of hydrogen-bond donors (Lipinski definition) is 1. The fraction of sp³-hybridized carbons (Fsp3) is 0.133. The first-order valence-corrected chi connectivity index (χ1v) is 7.32. The molecule has 0 amide bonds. The highest BCUT2D eigenvalue weighted by Crippen LogP contribution is 2.31. The highest BCUT2D eigenvalue weighted by molar-refractivity contribution is 7.98. The molecule has 2 aromatic rings. The van der Waals surface area contributed by atoms with Crippen molar-refractivity contribution in [2.75, 3.05) is 12.8 Å². The van der Waals surface area contributed by atoms with Gasteiger partial charge in [0, 0.05) is 15.7 Å². The summed E-state index contributed by atoms with van der Waals surface area (Å²) in [6.45, 7) is 0. The molecule has 0 atom stereocenters. The standard InChI is InChI=1S/C15H14ClNO2S/c1-19-15(18)12-3-2-4-13(14(12)17)20-9-10-5-7-11(16)8-6-10/h2-8H,9,17H2,1H3. The number of halogens is 1. The molecule has 0 saturated heterocycles. The summed E-state index contributed by atoms with van der Waals surface area (Å²) in [4.78, 5) is 12.4. The minimum absolute atomic E-state index is 0.397. The molecule has 3 nitrogen and oxygen atoms in total. The second-order valence-electron chi connectivity index (χ2n) is 4.12. The molecule has 0 spiro atoms. The zero-order chi connectivity index (χ0) is 14.5. The summed E-state index contributed by atoms with van der Waals surface area (Å²) in [5.41, 5.74) is 8.00. The van der Waals surface area contributed by atoms with Gasteiger partial charge in [0.05, 0.1) is 18.4 Å². The lowest BCUT2D eigenvalue weighted by molar-refractivity contribution is 0.0601. The molecule has 5 heteroatoms. The molecule has 0 fully saturated rings. The van der Waals surface area contributed by atoms with Crippen molar-refractivity contribution >= 4 is 35.0 Å². The predicted molar refractivity (Wildman–Crippen MR) is 83.2 cm³/mol. The number of benzene rings is 2. The van der Waals surface area contributed by atoms with Gasteiger partial charge in [0.25, 0.3) is 0 Å². The third-order valence-corrected chi connectivity index (χ3v) is 4.18. The lowest BCUT2D eigenvalue weighted by Gasteiger charge is -2.09. The number of carbonyl (C=O) groups excluding carboxylic acids is 1. The smallest absolute Gasteiger partial charge is 0.339 e. The Hall–Kier alpha value is -1.65. The van der Waals surface area contributed by atoms with Crippen LogP contribution in [0.25, 0.3) is 0 Å². The van der Waals surface area contributed by atoms with E-state index in [-0.39, 0.29) is 0 Å². The summed E-state index contributed by atoms with van der Waals surface area (Å²) in [7, 11) is 1.34. The zero-order valence-electron chi connectivity index (χ0n) is 10.9. The van der Waals surface area contributed by atoms with Crippen molar-refractivity contribution in [1.29, 1.82) is 0 Å². The highest BCUT2D eigenvalue weighted by Gasteiger charge is 2.12. The Labute approximate surface area is 127 Å². The van der Waals surface area contributed by atoms with Crippen LogP contribution in [0.15, 0.2) is 47.4 Å². The second-order valence-corrected chi connectivity index (χ2v) is 5.58. The van der Waals surface area contributed by atoms with Crippen LogP contribution in [0.4, 0.5) is 5.69 Å². The summed E-state index contributed by atoms with van der Waals surface area (Å²) >= 11 is 7.42. The lowest BCUT2D eigenvalue weighted by atomic mass is 10.2. The molecule has 20 heavy (non-hydrogen) atoms. The topological polar surface area (TPSA) is 52.3 Å². The average Bonchev–Trinajstić information content (AvgIpc) is 2.47. The first-order chi connectivity index (χ1) is 9.61. The van der Waals surface area contributed by atoms with E-state index in [9.17, 15) is 4.79 Å². The largest absolute Gasteiger partial charge is 0.465 e. The van der Waals surface area contributed by atoms with Gasteiger partial charge in [-0.3, -0.25) is 0 Å². The Bertz CT molecular complexity index is 614. The van der Waals surface area contributed by atoms with Gasteiger partial charge in [0.2, 0.25) is 0 Å². The third kappa shape index (κ3) is 3.46. The van der Waals surface area contributed by atoms with Crippen LogP contribution in [0.3, 0.4) is 0 Å². The molecular formula is C15H14ClNO2S. The first kappa shape index (κ1) is 14.8. The fourth-order valence-corrected chi connectivity index (χ4v) is 2.78. The number of carbonyl (C=O) groups is 1. The molecule has 2 N–H and O–H groups in total. The molecule has 2 rings (SSSR count). The van der Waals surface area contributed by atoms with E-state index in [0.717, 1.165) is 16.2 Å². The Kier molecular flexibility index (Phi) is 4.93. The number of anilines is 1. The minimum Gasteiger partial charge on any atom is -0.465 e. The maximum atomic E-state index is 11.6. The Morgan fingerprint density at radius 1 is 1.25 bits per heavy atom. The van der Waals surface area contributed by atoms with E-state index in [1.165, 1.54) is 7.11 Å². The monoisotopic (exact) mass is 307 g/mol. The highest BCUT2D eigenvalue weighted by atomic mass is 35.5. The van der Waals surface area contributed by atoms with Crippen LogP contribution in [0.5, 0.6) is 0 Å². The summed E-state index contributed by atoms with van der Waals surface area (Å²) in [6, 6.07) is 13.0. The van der Waals surface area contributed by atoms with Gasteiger partial charge < -0.3 is 10.5 Å². The first-order valence-electron chi connectivity index (χ1n) is 5.96. The summed E-state index contributed by atoms with van der Waals surface area (Å²) in [5.74, 6) is 0.336. The van der Waals surface area contributed by atoms with Crippen LogP contribution in [-0.4, -0.2) is 13.1 Å². The van der Waals surface area contributed by atoms with Gasteiger partial charge in [0.15, 0.2) is 0 Å². The van der Waals surface area contributed by atoms with Crippen molar-refractivity contribution in [1.82, 2.24) is 0 Å². The number of thioether (sulfide) groups is 1. The van der Waals surface area contributed by atoms with Crippen LogP contribution in [-0.2, 0) is 10.5 Å². The Balaban J connectivity index is 2.13. The summed E-state index contributed by atoms with van der Waals surface area (Å²) in [6.07, 6.45) is 0. The molecule has 104 valence electrons. The van der Waals surface area contributed by atoms with Crippen LogP contribution < -0.4 is 5.73 Å². The molecule has 0 aliphatic heterocycles. The molecule has 0 aliphatic rings. The summed E-state index contributed by atoms with van der Waals surface area (Å²) in [5, 5.41) is 0.714. The molecule has 0 radical (unpaired) electrons. The van der Waals surface area contributed by atoms with Gasteiger partial charge in [-0.05, 0) is 29.8 Å². The molecule has 0 bridgehead atoms. The molecule has 0 saturated carbocycles. The SMILES string of the molecule is COC(=O)c1cccc(SCc2ccc(Cl)cc2)c1N. The minimum atomic E-state index is -0.420. The normalized spacial score (nSPS) is 10.3. The Morgan fingerprint density at radius 3 is 2.60 bits per heavy atom. The fourth-order valence-electron chi connectivity index (χ4n) is 1.70. The predicted octanol–water partition coefficient (Wildman–Crippen LogP) is 4.00. The van der Waals surface area contributed by atoms with Crippen LogP contribution in [0.2, 0.25) is 5.02 Å². The maximum Gasteiger partial charge on any atom is 0.339 e. The zero-order valence-corrected chi connectivity index (χ0v) is 12.5. The van der Waals surface area contributed by atoms with E-state index >= 15 is 0 Å². The van der Waals surface area contributed by atoms with Gasteiger partial charge in [-0.15, -0.1) is 11.8 Å². The number of hydrogen-bond acceptors (Lipinski definition) is 4. The van der Waals surface area contributed by atoms with E-state index < -0.39 is 5.97 Å². The van der Waals surface area contributed by atoms with E-state index in [0.29, 0.717) is 16.3 Å². The van der Waals surface area contributed by atoms with Crippen LogP contribution in [0.1, 0.15) is 15.9 Å².